The second-order valence-corrected chi connectivity index (χ2v) is 4.36. The number of hydrogen-bond acceptors (Lipinski definition) is 2. The van der Waals surface area contributed by atoms with E-state index < -0.39 is 0 Å². The van der Waals surface area contributed by atoms with Gasteiger partial charge in [0.15, 0.2) is 0 Å². The van der Waals surface area contributed by atoms with E-state index in [9.17, 15) is 5.11 Å². The minimum absolute atomic E-state index is 0.357. The van der Waals surface area contributed by atoms with Crippen LogP contribution in [0.2, 0.25) is 0 Å². The topological polar surface area (TPSA) is 33.1 Å². The lowest BCUT2D eigenvalue weighted by atomic mass is 10.1. The highest BCUT2D eigenvalue weighted by Gasteiger charge is 2.28. The molecular formula is C13H13NO. The predicted octanol–water partition coefficient (Wildman–Crippen LogP) is 3.13. The molecule has 0 saturated heterocycles. The van der Waals surface area contributed by atoms with Crippen molar-refractivity contribution in [2.24, 2.45) is 0 Å². The van der Waals surface area contributed by atoms with Crippen molar-refractivity contribution in [2.75, 3.05) is 0 Å². The van der Waals surface area contributed by atoms with Crippen molar-refractivity contribution in [1.82, 2.24) is 4.98 Å². The molecule has 0 unspecified atom stereocenters. The SMILES string of the molecule is Cc1ccc2nc(C3CC3)c(O)cc2c1. The van der Waals surface area contributed by atoms with Crippen LogP contribution in [0.5, 0.6) is 5.75 Å². The first-order valence-electron chi connectivity index (χ1n) is 5.34. The summed E-state index contributed by atoms with van der Waals surface area (Å²) >= 11 is 0. The number of benzene rings is 1. The van der Waals surface area contributed by atoms with Crippen LogP contribution in [0.3, 0.4) is 0 Å². The fraction of sp³-hybridized carbons (Fsp3) is 0.308. The summed E-state index contributed by atoms with van der Waals surface area (Å²) in [6, 6.07) is 7.97. The Balaban J connectivity index is 2.25. The van der Waals surface area contributed by atoms with Gasteiger partial charge in [-0.15, -0.1) is 0 Å². The normalized spacial score (nSPS) is 15.8. The largest absolute Gasteiger partial charge is 0.506 e. The maximum atomic E-state index is 9.85. The highest BCUT2D eigenvalue weighted by Crippen LogP contribution is 2.43. The molecule has 0 aliphatic heterocycles. The van der Waals surface area contributed by atoms with Gasteiger partial charge in [-0.05, 0) is 38.0 Å². The highest BCUT2D eigenvalue weighted by molar-refractivity contribution is 5.81. The number of nitrogens with zero attached hydrogens (tertiary/aromatic N) is 1. The van der Waals surface area contributed by atoms with Gasteiger partial charge in [0.2, 0.25) is 0 Å². The molecule has 0 amide bonds. The van der Waals surface area contributed by atoms with Gasteiger partial charge in [0, 0.05) is 11.3 Å². The van der Waals surface area contributed by atoms with E-state index in [4.69, 9.17) is 0 Å². The van der Waals surface area contributed by atoms with Crippen molar-refractivity contribution in [3.8, 4) is 5.75 Å². The first kappa shape index (κ1) is 8.72. The third-order valence-electron chi connectivity index (χ3n) is 2.94. The lowest BCUT2D eigenvalue weighted by molar-refractivity contribution is 0.465. The molecule has 76 valence electrons. The Morgan fingerprint density at radius 1 is 1.27 bits per heavy atom. The molecule has 1 aliphatic carbocycles. The standard InChI is InChI=1S/C13H13NO/c1-8-2-5-11-10(6-8)7-12(15)13(14-11)9-3-4-9/h2,5-7,9,15H,3-4H2,1H3. The Morgan fingerprint density at radius 2 is 2.07 bits per heavy atom. The summed E-state index contributed by atoms with van der Waals surface area (Å²) in [5.41, 5.74) is 3.06. The molecule has 1 N–H and O–H groups in total. The van der Waals surface area contributed by atoms with Crippen LogP contribution in [-0.4, -0.2) is 10.1 Å². The van der Waals surface area contributed by atoms with Crippen LogP contribution in [0.25, 0.3) is 10.9 Å². The van der Waals surface area contributed by atoms with Crippen molar-refractivity contribution in [3.05, 3.63) is 35.5 Å². The molecule has 1 aromatic heterocycles. The van der Waals surface area contributed by atoms with Crippen LogP contribution in [0, 0.1) is 6.92 Å². The summed E-state index contributed by atoms with van der Waals surface area (Å²) < 4.78 is 0. The molecule has 1 saturated carbocycles. The van der Waals surface area contributed by atoms with Gasteiger partial charge in [-0.3, -0.25) is 0 Å². The summed E-state index contributed by atoms with van der Waals surface area (Å²) in [6.45, 7) is 2.05. The summed E-state index contributed by atoms with van der Waals surface area (Å²) in [6.07, 6.45) is 2.33. The van der Waals surface area contributed by atoms with E-state index in [0.717, 1.165) is 29.4 Å². The lowest BCUT2D eigenvalue weighted by Gasteiger charge is -2.05. The molecule has 2 nitrogen and oxygen atoms in total. The number of rotatable bonds is 1. The van der Waals surface area contributed by atoms with Crippen molar-refractivity contribution >= 4 is 10.9 Å². The van der Waals surface area contributed by atoms with E-state index in [1.54, 1.807) is 0 Å². The third kappa shape index (κ3) is 1.46. The van der Waals surface area contributed by atoms with E-state index in [-0.39, 0.29) is 0 Å². The van der Waals surface area contributed by atoms with Crippen molar-refractivity contribution in [3.63, 3.8) is 0 Å². The van der Waals surface area contributed by atoms with E-state index in [1.807, 2.05) is 19.1 Å². The van der Waals surface area contributed by atoms with Gasteiger partial charge >= 0.3 is 0 Å². The van der Waals surface area contributed by atoms with Gasteiger partial charge in [-0.2, -0.15) is 0 Å². The predicted molar refractivity (Wildman–Crippen MR) is 60.1 cm³/mol. The summed E-state index contributed by atoms with van der Waals surface area (Å²) in [4.78, 5) is 4.53. The zero-order chi connectivity index (χ0) is 10.4. The van der Waals surface area contributed by atoms with Crippen LogP contribution in [0.1, 0.15) is 30.0 Å². The van der Waals surface area contributed by atoms with E-state index in [2.05, 4.69) is 17.1 Å². The van der Waals surface area contributed by atoms with Crippen molar-refractivity contribution in [2.45, 2.75) is 25.7 Å². The maximum Gasteiger partial charge on any atom is 0.138 e. The molecule has 0 atom stereocenters. The van der Waals surface area contributed by atoms with Crippen LogP contribution >= 0.6 is 0 Å². The van der Waals surface area contributed by atoms with Gasteiger partial charge in [0.25, 0.3) is 0 Å². The maximum absolute atomic E-state index is 9.85. The zero-order valence-corrected chi connectivity index (χ0v) is 8.70. The number of aromatic nitrogens is 1. The lowest BCUT2D eigenvalue weighted by Crippen LogP contribution is -1.89. The van der Waals surface area contributed by atoms with E-state index >= 15 is 0 Å². The average Bonchev–Trinajstić information content (AvgIpc) is 3.00. The average molecular weight is 199 g/mol. The minimum atomic E-state index is 0.357. The first-order valence-corrected chi connectivity index (χ1v) is 5.34. The Morgan fingerprint density at radius 3 is 2.80 bits per heavy atom. The number of pyridine rings is 1. The van der Waals surface area contributed by atoms with Crippen molar-refractivity contribution in [1.29, 1.82) is 0 Å². The van der Waals surface area contributed by atoms with E-state index in [1.165, 1.54) is 5.56 Å². The molecule has 15 heavy (non-hydrogen) atoms. The quantitative estimate of drug-likeness (QED) is 0.765. The van der Waals surface area contributed by atoms with Crippen LogP contribution in [0.15, 0.2) is 24.3 Å². The molecule has 1 heterocycles. The second kappa shape index (κ2) is 2.96. The fourth-order valence-electron chi connectivity index (χ4n) is 1.96. The Kier molecular flexibility index (Phi) is 1.72. The zero-order valence-electron chi connectivity index (χ0n) is 8.70. The summed E-state index contributed by atoms with van der Waals surface area (Å²) in [5, 5.41) is 10.9. The number of fused-ring (bicyclic) bond motifs is 1. The third-order valence-corrected chi connectivity index (χ3v) is 2.94. The molecular weight excluding hydrogens is 186 g/mol. The van der Waals surface area contributed by atoms with Gasteiger partial charge in [-0.1, -0.05) is 11.6 Å². The molecule has 1 aromatic carbocycles. The molecule has 1 fully saturated rings. The molecule has 0 radical (unpaired) electrons. The molecule has 0 bridgehead atoms. The highest BCUT2D eigenvalue weighted by atomic mass is 16.3. The van der Waals surface area contributed by atoms with Crippen LogP contribution in [-0.2, 0) is 0 Å². The molecule has 2 heteroatoms. The van der Waals surface area contributed by atoms with Gasteiger partial charge in [0.05, 0.1) is 11.2 Å². The second-order valence-electron chi connectivity index (χ2n) is 4.36. The fourth-order valence-corrected chi connectivity index (χ4v) is 1.96. The smallest absolute Gasteiger partial charge is 0.138 e. The molecule has 1 aliphatic rings. The van der Waals surface area contributed by atoms with Crippen LogP contribution in [0.4, 0.5) is 0 Å². The minimum Gasteiger partial charge on any atom is -0.506 e. The Labute approximate surface area is 88.6 Å². The van der Waals surface area contributed by atoms with Crippen LogP contribution < -0.4 is 0 Å². The molecule has 3 rings (SSSR count). The van der Waals surface area contributed by atoms with Gasteiger partial charge < -0.3 is 5.11 Å². The Hall–Kier alpha value is -1.57. The van der Waals surface area contributed by atoms with Gasteiger partial charge in [-0.25, -0.2) is 4.98 Å². The monoisotopic (exact) mass is 199 g/mol. The van der Waals surface area contributed by atoms with Gasteiger partial charge in [0.1, 0.15) is 5.75 Å². The summed E-state index contributed by atoms with van der Waals surface area (Å²) in [5.74, 6) is 0.853. The van der Waals surface area contributed by atoms with E-state index in [0.29, 0.717) is 11.7 Å². The Bertz CT molecular complexity index is 529. The molecule has 2 aromatic rings. The molecule has 0 spiro atoms. The van der Waals surface area contributed by atoms with Crippen molar-refractivity contribution < 1.29 is 5.11 Å². The number of hydrogen-bond donors (Lipinski definition) is 1. The number of aryl methyl sites for hydroxylation is 1. The first-order chi connectivity index (χ1) is 7.24. The number of aromatic hydroxyl groups is 1. The summed E-state index contributed by atoms with van der Waals surface area (Å²) in [7, 11) is 0.